The van der Waals surface area contributed by atoms with Gasteiger partial charge in [0.25, 0.3) is 5.91 Å². The summed E-state index contributed by atoms with van der Waals surface area (Å²) in [5, 5.41) is 14.4. The first-order valence-corrected chi connectivity index (χ1v) is 5.82. The molecule has 20 heavy (non-hydrogen) atoms. The smallest absolute Gasteiger partial charge is 0.294 e. The van der Waals surface area contributed by atoms with Gasteiger partial charge in [-0.3, -0.25) is 4.79 Å². The van der Waals surface area contributed by atoms with Crippen LogP contribution in [0.4, 0.5) is 10.1 Å². The Hall–Kier alpha value is -2.65. The lowest BCUT2D eigenvalue weighted by Crippen LogP contribution is -2.12. The van der Waals surface area contributed by atoms with Crippen molar-refractivity contribution < 1.29 is 18.8 Å². The maximum Gasteiger partial charge on any atom is 0.294 e. The molecule has 0 saturated heterocycles. The van der Waals surface area contributed by atoms with E-state index in [-0.39, 0.29) is 18.1 Å². The van der Waals surface area contributed by atoms with Crippen LogP contribution in [-0.4, -0.2) is 22.8 Å². The van der Waals surface area contributed by atoms with Crippen molar-refractivity contribution in [2.45, 2.75) is 6.42 Å². The van der Waals surface area contributed by atoms with Crippen molar-refractivity contribution in [1.29, 1.82) is 0 Å². The van der Waals surface area contributed by atoms with Gasteiger partial charge in [-0.15, -0.1) is 0 Å². The monoisotopic (exact) mass is 274 g/mol. The molecule has 0 bridgehead atoms. The summed E-state index contributed by atoms with van der Waals surface area (Å²) in [6.45, 7) is -0.0409. The van der Waals surface area contributed by atoms with Gasteiger partial charge >= 0.3 is 0 Å². The van der Waals surface area contributed by atoms with Gasteiger partial charge in [0, 0.05) is 18.1 Å². The quantitative estimate of drug-likeness (QED) is 0.837. The fraction of sp³-hybridized carbons (Fsp3) is 0.143. The van der Waals surface area contributed by atoms with Gasteiger partial charge in [0.2, 0.25) is 5.76 Å². The predicted octanol–water partition coefficient (Wildman–Crippen LogP) is 1.80. The number of rotatable bonds is 3. The van der Waals surface area contributed by atoms with Crippen LogP contribution >= 0.6 is 0 Å². The highest BCUT2D eigenvalue weighted by atomic mass is 19.1. The van der Waals surface area contributed by atoms with Crippen LogP contribution in [0, 0.1) is 17.7 Å². The molecule has 5 nitrogen and oxygen atoms in total. The van der Waals surface area contributed by atoms with Crippen molar-refractivity contribution in [3.8, 4) is 11.8 Å². The van der Waals surface area contributed by atoms with Crippen molar-refractivity contribution in [1.82, 2.24) is 5.16 Å². The minimum absolute atomic E-state index is 0.00351. The molecule has 0 fully saturated rings. The fourth-order valence-electron chi connectivity index (χ4n) is 1.43. The molecule has 1 aromatic carbocycles. The molecule has 0 atom stereocenters. The summed E-state index contributed by atoms with van der Waals surface area (Å²) in [6.07, 6.45) is 1.65. The largest absolute Gasteiger partial charge is 0.395 e. The standard InChI is InChI=1S/C14H11FN2O3/c15-11-9-10(3-1-2-8-18)4-5-12(11)17-14(19)13-6-7-16-20-13/h4-7,9,18H,2,8H2,(H,17,19). The molecule has 2 N–H and O–H groups in total. The summed E-state index contributed by atoms with van der Waals surface area (Å²) in [5.74, 6) is 4.20. The summed E-state index contributed by atoms with van der Waals surface area (Å²) >= 11 is 0. The van der Waals surface area contributed by atoms with E-state index in [1.54, 1.807) is 6.07 Å². The Morgan fingerprint density at radius 1 is 1.45 bits per heavy atom. The van der Waals surface area contributed by atoms with E-state index in [1.807, 2.05) is 0 Å². The minimum Gasteiger partial charge on any atom is -0.395 e. The third-order valence-corrected chi connectivity index (χ3v) is 2.35. The second-order valence-corrected chi connectivity index (χ2v) is 3.80. The number of aromatic nitrogens is 1. The van der Waals surface area contributed by atoms with Crippen molar-refractivity contribution in [3.05, 3.63) is 47.6 Å². The van der Waals surface area contributed by atoms with Crippen LogP contribution in [-0.2, 0) is 0 Å². The Morgan fingerprint density at radius 2 is 2.30 bits per heavy atom. The number of nitrogens with zero attached hydrogens (tertiary/aromatic N) is 1. The number of amides is 1. The van der Waals surface area contributed by atoms with Crippen molar-refractivity contribution in [2.24, 2.45) is 0 Å². The van der Waals surface area contributed by atoms with Gasteiger partial charge in [0.15, 0.2) is 0 Å². The van der Waals surface area contributed by atoms with E-state index in [1.165, 1.54) is 24.4 Å². The number of halogens is 1. The Balaban J connectivity index is 2.11. The van der Waals surface area contributed by atoms with Crippen LogP contribution in [0.25, 0.3) is 0 Å². The molecule has 1 heterocycles. The van der Waals surface area contributed by atoms with Crippen LogP contribution < -0.4 is 5.32 Å². The average Bonchev–Trinajstić information content (AvgIpc) is 2.96. The van der Waals surface area contributed by atoms with Gasteiger partial charge in [0.1, 0.15) is 5.82 Å². The number of aliphatic hydroxyl groups is 1. The zero-order chi connectivity index (χ0) is 14.4. The van der Waals surface area contributed by atoms with Crippen molar-refractivity contribution >= 4 is 11.6 Å². The summed E-state index contributed by atoms with van der Waals surface area (Å²) in [6, 6.07) is 5.57. The van der Waals surface area contributed by atoms with E-state index in [2.05, 4.69) is 26.8 Å². The number of hydrogen-bond donors (Lipinski definition) is 2. The van der Waals surface area contributed by atoms with Gasteiger partial charge in [-0.05, 0) is 18.2 Å². The number of carbonyl (C=O) groups excluding carboxylic acids is 1. The lowest BCUT2D eigenvalue weighted by Gasteiger charge is -2.04. The molecule has 102 valence electrons. The minimum atomic E-state index is -0.603. The van der Waals surface area contributed by atoms with Gasteiger partial charge < -0.3 is 14.9 Å². The summed E-state index contributed by atoms with van der Waals surface area (Å²) in [4.78, 5) is 11.7. The van der Waals surface area contributed by atoms with Gasteiger partial charge in [-0.25, -0.2) is 4.39 Å². The van der Waals surface area contributed by atoms with E-state index in [4.69, 9.17) is 5.11 Å². The first-order chi connectivity index (χ1) is 9.70. The molecule has 0 radical (unpaired) electrons. The topological polar surface area (TPSA) is 75.4 Å². The van der Waals surface area contributed by atoms with Crippen molar-refractivity contribution in [2.75, 3.05) is 11.9 Å². The molecule has 1 aromatic heterocycles. The zero-order valence-electron chi connectivity index (χ0n) is 10.4. The number of aliphatic hydroxyl groups excluding tert-OH is 1. The molecule has 0 aliphatic heterocycles. The van der Waals surface area contributed by atoms with Crippen molar-refractivity contribution in [3.63, 3.8) is 0 Å². The zero-order valence-corrected chi connectivity index (χ0v) is 10.4. The number of carbonyl (C=O) groups is 1. The summed E-state index contributed by atoms with van der Waals surface area (Å²) in [5.41, 5.74) is 0.493. The summed E-state index contributed by atoms with van der Waals surface area (Å²) in [7, 11) is 0. The molecule has 0 aliphatic carbocycles. The Labute approximate surface area is 114 Å². The molecule has 2 rings (SSSR count). The van der Waals surface area contributed by atoms with Gasteiger partial charge in [-0.2, -0.15) is 0 Å². The number of anilines is 1. The molecular weight excluding hydrogens is 263 g/mol. The number of hydrogen-bond acceptors (Lipinski definition) is 4. The summed E-state index contributed by atoms with van der Waals surface area (Å²) < 4.78 is 18.4. The molecule has 0 spiro atoms. The van der Waals surface area contributed by atoms with E-state index >= 15 is 0 Å². The Morgan fingerprint density at radius 3 is 2.95 bits per heavy atom. The maximum absolute atomic E-state index is 13.8. The van der Waals surface area contributed by atoms with Crippen LogP contribution in [0.3, 0.4) is 0 Å². The highest BCUT2D eigenvalue weighted by molar-refractivity contribution is 6.02. The molecule has 0 aliphatic rings. The van der Waals surface area contributed by atoms with E-state index in [0.29, 0.717) is 12.0 Å². The molecule has 2 aromatic rings. The molecule has 1 amide bonds. The van der Waals surface area contributed by atoms with Gasteiger partial charge in [-0.1, -0.05) is 17.0 Å². The molecule has 0 saturated carbocycles. The van der Waals surface area contributed by atoms with Gasteiger partial charge in [0.05, 0.1) is 18.5 Å². The normalized spacial score (nSPS) is 9.70. The molecule has 6 heteroatoms. The predicted molar refractivity (Wildman–Crippen MR) is 69.4 cm³/mol. The Bertz CT molecular complexity index is 657. The third kappa shape index (κ3) is 3.43. The Kier molecular flexibility index (Phi) is 4.47. The second-order valence-electron chi connectivity index (χ2n) is 3.80. The van der Waals surface area contributed by atoms with E-state index in [9.17, 15) is 9.18 Å². The lowest BCUT2D eigenvalue weighted by atomic mass is 10.2. The highest BCUT2D eigenvalue weighted by Gasteiger charge is 2.12. The maximum atomic E-state index is 13.8. The van der Waals surface area contributed by atoms with Crippen LogP contribution in [0.2, 0.25) is 0 Å². The van der Waals surface area contributed by atoms with Crippen LogP contribution in [0.5, 0.6) is 0 Å². The average molecular weight is 274 g/mol. The number of benzene rings is 1. The highest BCUT2D eigenvalue weighted by Crippen LogP contribution is 2.16. The molecular formula is C14H11FN2O3. The number of nitrogens with one attached hydrogen (secondary N) is 1. The lowest BCUT2D eigenvalue weighted by molar-refractivity contribution is 0.0987. The van der Waals surface area contributed by atoms with E-state index < -0.39 is 11.7 Å². The van der Waals surface area contributed by atoms with Crippen LogP contribution in [0.15, 0.2) is 35.0 Å². The first-order valence-electron chi connectivity index (χ1n) is 5.82. The third-order valence-electron chi connectivity index (χ3n) is 2.35. The SMILES string of the molecule is O=C(Nc1ccc(C#CCCO)cc1F)c1ccno1. The second kappa shape index (κ2) is 6.50. The molecule has 0 unspecified atom stereocenters. The first kappa shape index (κ1) is 13.8. The van der Waals surface area contributed by atoms with E-state index in [0.717, 1.165) is 0 Å². The fourth-order valence-corrected chi connectivity index (χ4v) is 1.43. The van der Waals surface area contributed by atoms with Crippen LogP contribution in [0.1, 0.15) is 22.5 Å².